The molecule has 2 atom stereocenters. The minimum Gasteiger partial charge on any atom is -0.444 e. The Kier molecular flexibility index (Phi) is 7.38. The lowest BCUT2D eigenvalue weighted by atomic mass is 9.74. The van der Waals surface area contributed by atoms with Crippen LogP contribution in [0.4, 0.5) is 23.7 Å². The molecule has 3 rings (SSSR count). The summed E-state index contributed by atoms with van der Waals surface area (Å²) in [6.07, 6.45) is -0.783. The molecule has 190 valence electrons. The molecule has 1 aliphatic carbocycles. The minimum absolute atomic E-state index is 0.0535. The van der Waals surface area contributed by atoms with E-state index in [0.29, 0.717) is 51.1 Å². The molecule has 2 aliphatic rings. The van der Waals surface area contributed by atoms with Crippen LogP contribution < -0.4 is 10.2 Å². The highest BCUT2D eigenvalue weighted by Crippen LogP contribution is 2.46. The number of pyridine rings is 1. The van der Waals surface area contributed by atoms with E-state index in [1.54, 1.807) is 20.8 Å². The number of alkyl carbamates (subject to hydrolysis) is 1. The van der Waals surface area contributed by atoms with Gasteiger partial charge in [-0.1, -0.05) is 13.8 Å². The van der Waals surface area contributed by atoms with Crippen LogP contribution in [0.3, 0.4) is 0 Å². The Morgan fingerprint density at radius 3 is 2.35 bits per heavy atom. The fraction of sp³-hybridized carbons (Fsp3) is 0.708. The molecule has 2 heterocycles. The molecule has 0 unspecified atom stereocenters. The fourth-order valence-corrected chi connectivity index (χ4v) is 4.88. The van der Waals surface area contributed by atoms with E-state index in [9.17, 15) is 22.8 Å². The van der Waals surface area contributed by atoms with Crippen molar-refractivity contribution in [2.75, 3.05) is 31.1 Å². The summed E-state index contributed by atoms with van der Waals surface area (Å²) in [7, 11) is 0. The summed E-state index contributed by atoms with van der Waals surface area (Å²) < 4.78 is 44.5. The lowest BCUT2D eigenvalue weighted by Gasteiger charge is -2.42. The van der Waals surface area contributed by atoms with Gasteiger partial charge in [0.25, 0.3) is 0 Å². The predicted octanol–water partition coefficient (Wildman–Crippen LogP) is 4.47. The molecule has 0 spiro atoms. The van der Waals surface area contributed by atoms with E-state index in [0.717, 1.165) is 12.3 Å². The first-order chi connectivity index (χ1) is 15.7. The van der Waals surface area contributed by atoms with E-state index in [1.165, 1.54) is 6.20 Å². The molecule has 34 heavy (non-hydrogen) atoms. The summed E-state index contributed by atoms with van der Waals surface area (Å²) in [5.41, 5.74) is -1.55. The first kappa shape index (κ1) is 26.1. The summed E-state index contributed by atoms with van der Waals surface area (Å²) in [5.74, 6) is 0.133. The molecule has 2 fully saturated rings. The van der Waals surface area contributed by atoms with Crippen LogP contribution in [0.15, 0.2) is 18.5 Å². The maximum Gasteiger partial charge on any atom is 0.417 e. The van der Waals surface area contributed by atoms with Crippen molar-refractivity contribution < 1.29 is 27.5 Å². The molecule has 1 aliphatic heterocycles. The van der Waals surface area contributed by atoms with Gasteiger partial charge in [0.05, 0.1) is 22.9 Å². The zero-order valence-corrected chi connectivity index (χ0v) is 20.5. The number of ether oxygens (including phenoxy) is 1. The van der Waals surface area contributed by atoms with E-state index >= 15 is 0 Å². The van der Waals surface area contributed by atoms with Gasteiger partial charge in [0, 0.05) is 38.4 Å². The third kappa shape index (κ3) is 5.93. The number of anilines is 1. The molecule has 1 aromatic rings. The summed E-state index contributed by atoms with van der Waals surface area (Å²) in [6.45, 7) is 11.2. The van der Waals surface area contributed by atoms with Gasteiger partial charge in [-0.2, -0.15) is 13.2 Å². The first-order valence-electron chi connectivity index (χ1n) is 11.8. The van der Waals surface area contributed by atoms with Crippen molar-refractivity contribution in [1.82, 2.24) is 15.2 Å². The summed E-state index contributed by atoms with van der Waals surface area (Å²) in [6, 6.07) is 0.961. The molecule has 0 aromatic carbocycles. The van der Waals surface area contributed by atoms with Crippen LogP contribution in [0.5, 0.6) is 0 Å². The average Bonchev–Trinajstić information content (AvgIpc) is 3.16. The van der Waals surface area contributed by atoms with Gasteiger partial charge >= 0.3 is 12.3 Å². The van der Waals surface area contributed by atoms with E-state index in [1.807, 2.05) is 23.6 Å². The monoisotopic (exact) mass is 484 g/mol. The maximum atomic E-state index is 13.7. The van der Waals surface area contributed by atoms with E-state index in [4.69, 9.17) is 4.74 Å². The number of aromatic nitrogens is 1. The van der Waals surface area contributed by atoms with E-state index in [2.05, 4.69) is 10.3 Å². The molecular formula is C24H35F3N4O3. The molecule has 0 radical (unpaired) electrons. The first-order valence-corrected chi connectivity index (χ1v) is 11.8. The number of hydrogen-bond acceptors (Lipinski definition) is 5. The van der Waals surface area contributed by atoms with Crippen LogP contribution in [-0.4, -0.2) is 59.7 Å². The van der Waals surface area contributed by atoms with Gasteiger partial charge in [-0.15, -0.1) is 0 Å². The molecular weight excluding hydrogens is 449 g/mol. The van der Waals surface area contributed by atoms with Crippen molar-refractivity contribution >= 4 is 17.7 Å². The lowest BCUT2D eigenvalue weighted by molar-refractivity contribution is -0.145. The smallest absolute Gasteiger partial charge is 0.417 e. The number of nitrogens with one attached hydrogen (secondary N) is 1. The predicted molar refractivity (Wildman–Crippen MR) is 122 cm³/mol. The molecule has 0 bridgehead atoms. The Bertz CT molecular complexity index is 892. The number of carbonyl (C=O) groups is 2. The summed E-state index contributed by atoms with van der Waals surface area (Å²) in [4.78, 5) is 33.3. The van der Waals surface area contributed by atoms with Gasteiger partial charge in [0.15, 0.2) is 0 Å². The van der Waals surface area contributed by atoms with Crippen molar-refractivity contribution in [3.63, 3.8) is 0 Å². The minimum atomic E-state index is -4.45. The number of hydrogen-bond donors (Lipinski definition) is 1. The molecule has 1 saturated heterocycles. The van der Waals surface area contributed by atoms with Gasteiger partial charge in [0.2, 0.25) is 5.91 Å². The number of alkyl halides is 3. The Morgan fingerprint density at radius 1 is 1.15 bits per heavy atom. The zero-order chi connectivity index (χ0) is 25.3. The van der Waals surface area contributed by atoms with Gasteiger partial charge in [0.1, 0.15) is 5.60 Å². The second-order valence-corrected chi connectivity index (χ2v) is 10.6. The second-order valence-electron chi connectivity index (χ2n) is 10.6. The van der Waals surface area contributed by atoms with Crippen LogP contribution >= 0.6 is 0 Å². The number of carbonyl (C=O) groups excluding carboxylic acids is 2. The van der Waals surface area contributed by atoms with Crippen LogP contribution in [0.25, 0.3) is 0 Å². The van der Waals surface area contributed by atoms with Gasteiger partial charge in [-0.05, 0) is 52.0 Å². The summed E-state index contributed by atoms with van der Waals surface area (Å²) in [5, 5.41) is 2.91. The number of halogens is 3. The van der Waals surface area contributed by atoms with Gasteiger partial charge in [-0.25, -0.2) is 4.79 Å². The summed E-state index contributed by atoms with van der Waals surface area (Å²) >= 11 is 0. The zero-order valence-electron chi connectivity index (χ0n) is 20.5. The topological polar surface area (TPSA) is 74.8 Å². The van der Waals surface area contributed by atoms with Crippen molar-refractivity contribution in [2.24, 2.45) is 11.3 Å². The Balaban J connectivity index is 1.63. The molecule has 10 heteroatoms. The van der Waals surface area contributed by atoms with E-state index < -0.39 is 28.8 Å². The molecule has 1 N–H and O–H groups in total. The normalized spacial score (nSPS) is 23.9. The van der Waals surface area contributed by atoms with Crippen molar-refractivity contribution in [3.8, 4) is 0 Å². The van der Waals surface area contributed by atoms with E-state index in [-0.39, 0.29) is 17.9 Å². The molecule has 7 nitrogen and oxygen atoms in total. The van der Waals surface area contributed by atoms with Gasteiger partial charge in [-0.3, -0.25) is 9.78 Å². The van der Waals surface area contributed by atoms with Crippen LogP contribution in [0.1, 0.15) is 59.4 Å². The number of amides is 2. The number of rotatable bonds is 4. The Labute approximate surface area is 199 Å². The highest BCUT2D eigenvalue weighted by atomic mass is 19.4. The standard InChI is InChI=1S/C24H35F3N4O3/c1-16(2)23(7-6-18(13-23)29-21(33)34-22(3,4)5)20(32)31-10-8-30(9-11-31)19-12-17(14-28-15-19)24(25,26)27/h12,14-16,18H,6-11,13H2,1-5H3,(H,29,33)/t18-,23+/m1/s1. The third-order valence-electron chi connectivity index (χ3n) is 6.78. The van der Waals surface area contributed by atoms with Crippen LogP contribution in [-0.2, 0) is 15.7 Å². The molecule has 1 aromatic heterocycles. The number of nitrogens with zero attached hydrogens (tertiary/aromatic N) is 3. The van der Waals surface area contributed by atoms with Gasteiger partial charge < -0.3 is 19.9 Å². The van der Waals surface area contributed by atoms with Crippen molar-refractivity contribution in [1.29, 1.82) is 0 Å². The van der Waals surface area contributed by atoms with Crippen LogP contribution in [0.2, 0.25) is 0 Å². The highest BCUT2D eigenvalue weighted by molar-refractivity contribution is 5.84. The van der Waals surface area contributed by atoms with Crippen molar-refractivity contribution in [3.05, 3.63) is 24.0 Å². The Morgan fingerprint density at radius 2 is 1.79 bits per heavy atom. The fourth-order valence-electron chi connectivity index (χ4n) is 4.88. The number of piperazine rings is 1. The highest BCUT2D eigenvalue weighted by Gasteiger charge is 2.50. The molecule has 2 amide bonds. The quantitative estimate of drug-likeness (QED) is 0.683. The largest absolute Gasteiger partial charge is 0.444 e. The Hall–Kier alpha value is -2.52. The van der Waals surface area contributed by atoms with Crippen molar-refractivity contribution in [2.45, 2.75) is 71.7 Å². The van der Waals surface area contributed by atoms with Crippen LogP contribution in [0, 0.1) is 11.3 Å². The molecule has 1 saturated carbocycles. The lowest BCUT2D eigenvalue weighted by Crippen LogP contribution is -2.54. The maximum absolute atomic E-state index is 13.7. The SMILES string of the molecule is CC(C)[C@]1(C(=O)N2CCN(c3cncc(C(F)(F)F)c3)CC2)CC[C@@H](NC(=O)OC(C)(C)C)C1. The second kappa shape index (κ2) is 9.62. The third-order valence-corrected chi connectivity index (χ3v) is 6.78. The average molecular weight is 485 g/mol.